The van der Waals surface area contributed by atoms with Crippen LogP contribution in [-0.2, 0) is 0 Å². The number of hydrogen-bond donors (Lipinski definition) is 1. The zero-order chi connectivity index (χ0) is 15.6. The molecule has 0 aliphatic carbocycles. The van der Waals surface area contributed by atoms with E-state index in [4.69, 9.17) is 0 Å². The summed E-state index contributed by atoms with van der Waals surface area (Å²) in [6.45, 7) is 13.2. The molecule has 0 fully saturated rings. The minimum atomic E-state index is -0.858. The van der Waals surface area contributed by atoms with E-state index in [1.165, 1.54) is 0 Å². The van der Waals surface area contributed by atoms with E-state index in [1.54, 1.807) is 0 Å². The standard InChI is InChI=1S/C17H32OS2/c1-7-19(8-2,9-3)15-13-17(18)14-16-20(10-4,11-5)12-6/h17-18H,7-12H2,1-6H3. The highest BCUT2D eigenvalue weighted by Crippen LogP contribution is 2.46. The quantitative estimate of drug-likeness (QED) is 0.734. The lowest BCUT2D eigenvalue weighted by Crippen LogP contribution is -2.09. The minimum Gasteiger partial charge on any atom is -0.369 e. The molecule has 0 aliphatic rings. The van der Waals surface area contributed by atoms with Gasteiger partial charge in [0.05, 0.1) is 0 Å². The second kappa shape index (κ2) is 9.67. The van der Waals surface area contributed by atoms with Crippen LogP contribution in [0.25, 0.3) is 0 Å². The molecule has 0 saturated carbocycles. The van der Waals surface area contributed by atoms with Crippen molar-refractivity contribution in [3.8, 4) is 22.3 Å². The second-order valence-corrected chi connectivity index (χ2v) is 12.8. The molecule has 0 saturated heterocycles. The first-order valence-corrected chi connectivity index (χ1v) is 12.0. The van der Waals surface area contributed by atoms with E-state index in [9.17, 15) is 5.11 Å². The molecule has 0 atom stereocenters. The van der Waals surface area contributed by atoms with Crippen LogP contribution in [0.15, 0.2) is 0 Å². The fourth-order valence-corrected chi connectivity index (χ4v) is 6.09. The van der Waals surface area contributed by atoms with Crippen LogP contribution in [0.1, 0.15) is 41.5 Å². The zero-order valence-electron chi connectivity index (χ0n) is 14.1. The predicted octanol–water partition coefficient (Wildman–Crippen LogP) is 4.00. The van der Waals surface area contributed by atoms with Crippen molar-refractivity contribution in [1.82, 2.24) is 0 Å². The summed E-state index contributed by atoms with van der Waals surface area (Å²) >= 11 is 0. The Bertz CT molecular complexity index is 332. The molecule has 0 bridgehead atoms. The van der Waals surface area contributed by atoms with E-state index < -0.39 is 26.2 Å². The average molecular weight is 317 g/mol. The van der Waals surface area contributed by atoms with Gasteiger partial charge in [-0.3, -0.25) is 0 Å². The van der Waals surface area contributed by atoms with Gasteiger partial charge in [-0.1, -0.05) is 52.0 Å². The molecular formula is C17H32OS2. The molecule has 0 spiro atoms. The van der Waals surface area contributed by atoms with Crippen molar-refractivity contribution in [3.63, 3.8) is 0 Å². The molecular weight excluding hydrogens is 284 g/mol. The normalized spacial score (nSPS) is 13.2. The molecule has 0 rings (SSSR count). The van der Waals surface area contributed by atoms with Crippen LogP contribution in [0.2, 0.25) is 0 Å². The molecule has 0 radical (unpaired) electrons. The maximum absolute atomic E-state index is 10.0. The van der Waals surface area contributed by atoms with Gasteiger partial charge in [0.25, 0.3) is 0 Å². The Hall–Kier alpha value is -0.220. The molecule has 118 valence electrons. The van der Waals surface area contributed by atoms with Gasteiger partial charge in [0, 0.05) is 0 Å². The fourth-order valence-electron chi connectivity index (χ4n) is 2.06. The SMILES string of the molecule is CCS(C#CC(O)C#CS(CC)(CC)CC)(CC)CC. The summed E-state index contributed by atoms with van der Waals surface area (Å²) in [6.07, 6.45) is -0.775. The summed E-state index contributed by atoms with van der Waals surface area (Å²) in [7, 11) is -1.72. The van der Waals surface area contributed by atoms with Crippen molar-refractivity contribution >= 4 is 20.1 Å². The smallest absolute Gasteiger partial charge is 0.178 e. The zero-order valence-corrected chi connectivity index (χ0v) is 15.7. The van der Waals surface area contributed by atoms with Crippen LogP contribution in [0.4, 0.5) is 0 Å². The lowest BCUT2D eigenvalue weighted by atomic mass is 10.4. The first-order valence-electron chi connectivity index (χ1n) is 7.72. The monoisotopic (exact) mass is 316 g/mol. The molecule has 0 heterocycles. The summed E-state index contributed by atoms with van der Waals surface area (Å²) in [5.74, 6) is 12.7. The van der Waals surface area contributed by atoms with Crippen LogP contribution >= 0.6 is 20.1 Å². The van der Waals surface area contributed by atoms with E-state index in [-0.39, 0.29) is 0 Å². The minimum absolute atomic E-state index is 0.775. The van der Waals surface area contributed by atoms with Crippen molar-refractivity contribution < 1.29 is 5.11 Å². The Balaban J connectivity index is 5.03. The van der Waals surface area contributed by atoms with Crippen molar-refractivity contribution in [2.24, 2.45) is 0 Å². The molecule has 0 aromatic carbocycles. The fraction of sp³-hybridized carbons (Fsp3) is 0.765. The Morgan fingerprint density at radius 3 is 1.10 bits per heavy atom. The van der Waals surface area contributed by atoms with E-state index in [0.717, 1.165) is 34.5 Å². The average Bonchev–Trinajstić information content (AvgIpc) is 2.51. The van der Waals surface area contributed by atoms with Gasteiger partial charge in [-0.25, -0.2) is 0 Å². The van der Waals surface area contributed by atoms with E-state index in [1.807, 2.05) is 0 Å². The predicted molar refractivity (Wildman–Crippen MR) is 100.0 cm³/mol. The van der Waals surface area contributed by atoms with Crippen LogP contribution in [0.5, 0.6) is 0 Å². The first kappa shape index (κ1) is 19.8. The molecule has 1 nitrogen and oxygen atoms in total. The van der Waals surface area contributed by atoms with Gasteiger partial charge in [-0.15, -0.1) is 0 Å². The first-order chi connectivity index (χ1) is 9.46. The van der Waals surface area contributed by atoms with Gasteiger partial charge < -0.3 is 5.11 Å². The lowest BCUT2D eigenvalue weighted by molar-refractivity contribution is 0.290. The number of rotatable bonds is 6. The maximum Gasteiger partial charge on any atom is 0.178 e. The highest BCUT2D eigenvalue weighted by molar-refractivity contribution is 8.37. The van der Waals surface area contributed by atoms with Gasteiger partial charge >= 0.3 is 0 Å². The van der Waals surface area contributed by atoms with Crippen LogP contribution in [0.3, 0.4) is 0 Å². The number of aliphatic hydroxyl groups is 1. The van der Waals surface area contributed by atoms with Gasteiger partial charge in [-0.05, 0) is 46.4 Å². The molecule has 3 heteroatoms. The van der Waals surface area contributed by atoms with Crippen LogP contribution < -0.4 is 0 Å². The summed E-state index contributed by atoms with van der Waals surface area (Å²) in [6, 6.07) is 0. The largest absolute Gasteiger partial charge is 0.369 e. The van der Waals surface area contributed by atoms with Crippen LogP contribution in [-0.4, -0.2) is 45.7 Å². The topological polar surface area (TPSA) is 20.2 Å². The van der Waals surface area contributed by atoms with Crippen molar-refractivity contribution in [2.45, 2.75) is 47.6 Å². The Labute approximate surface area is 129 Å². The van der Waals surface area contributed by atoms with Crippen molar-refractivity contribution in [3.05, 3.63) is 0 Å². The number of aliphatic hydroxyl groups excluding tert-OH is 1. The molecule has 0 amide bonds. The highest BCUT2D eigenvalue weighted by atomic mass is 32.3. The van der Waals surface area contributed by atoms with Crippen molar-refractivity contribution in [2.75, 3.05) is 34.5 Å². The van der Waals surface area contributed by atoms with Gasteiger partial charge in [0.15, 0.2) is 6.10 Å². The molecule has 20 heavy (non-hydrogen) atoms. The molecule has 0 aromatic rings. The molecule has 0 aliphatic heterocycles. The Morgan fingerprint density at radius 2 is 0.900 bits per heavy atom. The van der Waals surface area contributed by atoms with Gasteiger partial charge in [0.1, 0.15) is 0 Å². The Morgan fingerprint density at radius 1 is 0.650 bits per heavy atom. The van der Waals surface area contributed by atoms with Gasteiger partial charge in [-0.2, -0.15) is 20.1 Å². The molecule has 0 unspecified atom stereocenters. The van der Waals surface area contributed by atoms with E-state index >= 15 is 0 Å². The Kier molecular flexibility index (Phi) is 9.56. The van der Waals surface area contributed by atoms with Crippen molar-refractivity contribution in [1.29, 1.82) is 0 Å². The van der Waals surface area contributed by atoms with E-state index in [2.05, 4.69) is 63.9 Å². The summed E-state index contributed by atoms with van der Waals surface area (Å²) in [5, 5.41) is 16.8. The maximum atomic E-state index is 10.0. The second-order valence-electron chi connectivity index (χ2n) is 4.72. The van der Waals surface area contributed by atoms with Crippen LogP contribution in [0, 0.1) is 22.3 Å². The molecule has 1 N–H and O–H groups in total. The highest BCUT2D eigenvalue weighted by Gasteiger charge is 2.15. The molecule has 0 aromatic heterocycles. The summed E-state index contributed by atoms with van der Waals surface area (Å²) in [4.78, 5) is 0. The number of hydrogen-bond acceptors (Lipinski definition) is 1. The third-order valence-electron chi connectivity index (χ3n) is 4.14. The third-order valence-corrected chi connectivity index (χ3v) is 11.9. The lowest BCUT2D eigenvalue weighted by Gasteiger charge is -2.30. The third kappa shape index (κ3) is 5.65. The van der Waals surface area contributed by atoms with Gasteiger partial charge in [0.2, 0.25) is 0 Å². The summed E-state index contributed by atoms with van der Waals surface area (Å²) in [5.41, 5.74) is 0. The van der Waals surface area contributed by atoms with E-state index in [0.29, 0.717) is 0 Å². The summed E-state index contributed by atoms with van der Waals surface area (Å²) < 4.78 is 0.